The fourth-order valence-corrected chi connectivity index (χ4v) is 4.91. The van der Waals surface area contributed by atoms with E-state index in [4.69, 9.17) is 9.72 Å². The van der Waals surface area contributed by atoms with Gasteiger partial charge in [0.25, 0.3) is 5.56 Å². The number of nitrogens with one attached hydrogen (secondary N) is 1. The highest BCUT2D eigenvalue weighted by molar-refractivity contribution is 5.86. The maximum absolute atomic E-state index is 12.8. The van der Waals surface area contributed by atoms with Gasteiger partial charge in [0.1, 0.15) is 5.82 Å². The molecule has 164 valence electrons. The number of piperidine rings is 1. The zero-order chi connectivity index (χ0) is 21.4. The maximum Gasteiger partial charge on any atom is 0.358 e. The standard InChI is InChI=1S/C21H26N6O4/c1-30-19(29)15-12-23-16(13-22-15)26-6-4-21(5-7-26)3-2-14-17(21)24-20(25-18(14)28)27-8-10-31-11-9-27/h12-13H,2-11H2,1H3,(H,24,25,28). The van der Waals surface area contributed by atoms with Crippen molar-refractivity contribution in [1.29, 1.82) is 0 Å². The number of esters is 1. The van der Waals surface area contributed by atoms with Gasteiger partial charge in [-0.15, -0.1) is 0 Å². The molecule has 3 aliphatic rings. The van der Waals surface area contributed by atoms with Crippen molar-refractivity contribution < 1.29 is 14.3 Å². The van der Waals surface area contributed by atoms with Gasteiger partial charge in [0.05, 0.1) is 38.4 Å². The Morgan fingerprint density at radius 3 is 2.55 bits per heavy atom. The lowest BCUT2D eigenvalue weighted by Gasteiger charge is -2.40. The monoisotopic (exact) mass is 426 g/mol. The van der Waals surface area contributed by atoms with Crippen molar-refractivity contribution in [2.24, 2.45) is 0 Å². The lowest BCUT2D eigenvalue weighted by molar-refractivity contribution is 0.0593. The number of H-pyrrole nitrogens is 1. The SMILES string of the molecule is COC(=O)c1cnc(N2CCC3(CCc4c3nc(N3CCOCC3)[nH]c4=O)CC2)cn1. The Morgan fingerprint density at radius 1 is 1.10 bits per heavy atom. The molecule has 5 rings (SSSR count). The van der Waals surface area contributed by atoms with E-state index in [-0.39, 0.29) is 16.7 Å². The average Bonchev–Trinajstić information content (AvgIpc) is 3.18. The van der Waals surface area contributed by atoms with Gasteiger partial charge < -0.3 is 19.3 Å². The Bertz CT molecular complexity index is 1020. The molecule has 0 amide bonds. The number of hydrogen-bond acceptors (Lipinski definition) is 9. The quantitative estimate of drug-likeness (QED) is 0.707. The van der Waals surface area contributed by atoms with Crippen LogP contribution in [0.1, 0.15) is 41.0 Å². The summed E-state index contributed by atoms with van der Waals surface area (Å²) < 4.78 is 10.1. The summed E-state index contributed by atoms with van der Waals surface area (Å²) in [6.45, 7) is 4.37. The third kappa shape index (κ3) is 3.54. The topological polar surface area (TPSA) is 114 Å². The van der Waals surface area contributed by atoms with Crippen molar-refractivity contribution >= 4 is 17.7 Å². The van der Waals surface area contributed by atoms with Crippen LogP contribution in [0.2, 0.25) is 0 Å². The number of nitrogens with zero attached hydrogens (tertiary/aromatic N) is 5. The zero-order valence-electron chi connectivity index (χ0n) is 17.6. The smallest absolute Gasteiger partial charge is 0.358 e. The molecule has 2 fully saturated rings. The van der Waals surface area contributed by atoms with Gasteiger partial charge in [-0.25, -0.2) is 19.7 Å². The molecule has 1 N–H and O–H groups in total. The van der Waals surface area contributed by atoms with Crippen molar-refractivity contribution in [3.63, 3.8) is 0 Å². The Morgan fingerprint density at radius 2 is 1.87 bits per heavy atom. The minimum Gasteiger partial charge on any atom is -0.464 e. The molecular weight excluding hydrogens is 400 g/mol. The summed E-state index contributed by atoms with van der Waals surface area (Å²) in [5.41, 5.74) is 1.94. The summed E-state index contributed by atoms with van der Waals surface area (Å²) in [7, 11) is 1.32. The fraction of sp³-hybridized carbons (Fsp3) is 0.571. The third-order valence-corrected chi connectivity index (χ3v) is 6.75. The minimum absolute atomic E-state index is 0.00457. The second kappa shape index (κ2) is 7.92. The average molecular weight is 426 g/mol. The first-order valence-corrected chi connectivity index (χ1v) is 10.7. The van der Waals surface area contributed by atoms with Crippen LogP contribution in [0, 0.1) is 0 Å². The molecule has 4 heterocycles. The Labute approximate surface area is 179 Å². The first kappa shape index (κ1) is 19.9. The first-order valence-electron chi connectivity index (χ1n) is 10.7. The third-order valence-electron chi connectivity index (χ3n) is 6.75. The molecule has 0 saturated carbocycles. The van der Waals surface area contributed by atoms with E-state index in [0.717, 1.165) is 68.9 Å². The number of carbonyl (C=O) groups is 1. The second-order valence-electron chi connectivity index (χ2n) is 8.33. The number of carbonyl (C=O) groups excluding carboxylic acids is 1. The summed E-state index contributed by atoms with van der Waals surface area (Å²) >= 11 is 0. The van der Waals surface area contributed by atoms with Crippen molar-refractivity contribution in [3.8, 4) is 0 Å². The maximum atomic E-state index is 12.8. The van der Waals surface area contributed by atoms with Crippen molar-refractivity contribution in [2.75, 3.05) is 56.3 Å². The minimum atomic E-state index is -0.494. The van der Waals surface area contributed by atoms with Gasteiger partial charge in [0.15, 0.2) is 5.69 Å². The number of ether oxygens (including phenoxy) is 2. The van der Waals surface area contributed by atoms with Gasteiger partial charge in [-0.1, -0.05) is 0 Å². The predicted octanol–water partition coefficient (Wildman–Crippen LogP) is 0.668. The molecule has 0 unspecified atom stereocenters. The number of aromatic amines is 1. The molecule has 0 radical (unpaired) electrons. The summed E-state index contributed by atoms with van der Waals surface area (Å²) in [5, 5.41) is 0. The molecule has 0 atom stereocenters. The van der Waals surface area contributed by atoms with Crippen molar-refractivity contribution in [1.82, 2.24) is 19.9 Å². The molecule has 2 saturated heterocycles. The lowest BCUT2D eigenvalue weighted by Crippen LogP contribution is -2.43. The summed E-state index contributed by atoms with van der Waals surface area (Å²) in [6, 6.07) is 0. The van der Waals surface area contributed by atoms with Crippen molar-refractivity contribution in [3.05, 3.63) is 39.7 Å². The normalized spacial score (nSPS) is 20.0. The number of morpholine rings is 1. The van der Waals surface area contributed by atoms with Crippen LogP contribution in [0.15, 0.2) is 17.2 Å². The molecular formula is C21H26N6O4. The van der Waals surface area contributed by atoms with E-state index >= 15 is 0 Å². The van der Waals surface area contributed by atoms with E-state index in [1.54, 1.807) is 6.20 Å². The van der Waals surface area contributed by atoms with E-state index in [1.165, 1.54) is 13.3 Å². The zero-order valence-corrected chi connectivity index (χ0v) is 17.6. The lowest BCUT2D eigenvalue weighted by atomic mass is 9.76. The molecule has 1 aliphatic carbocycles. The van der Waals surface area contributed by atoms with Crippen LogP contribution in [0.5, 0.6) is 0 Å². The Hall–Kier alpha value is -3.01. The van der Waals surface area contributed by atoms with Crippen molar-refractivity contribution in [2.45, 2.75) is 31.1 Å². The molecule has 1 spiro atoms. The molecule has 31 heavy (non-hydrogen) atoms. The van der Waals surface area contributed by atoms with Gasteiger partial charge in [0, 0.05) is 37.2 Å². The van der Waals surface area contributed by atoms with Gasteiger partial charge in [-0.2, -0.15) is 0 Å². The second-order valence-corrected chi connectivity index (χ2v) is 8.33. The molecule has 2 aromatic rings. The fourth-order valence-electron chi connectivity index (χ4n) is 4.91. The highest BCUT2D eigenvalue weighted by Gasteiger charge is 2.44. The van der Waals surface area contributed by atoms with Crippen LogP contribution in [0.3, 0.4) is 0 Å². The van der Waals surface area contributed by atoms with Gasteiger partial charge in [0.2, 0.25) is 5.95 Å². The van der Waals surface area contributed by atoms with Gasteiger partial charge >= 0.3 is 5.97 Å². The Balaban J connectivity index is 1.35. The van der Waals surface area contributed by atoms with E-state index in [0.29, 0.717) is 19.2 Å². The number of rotatable bonds is 3. The van der Waals surface area contributed by atoms with Crippen LogP contribution in [-0.2, 0) is 21.3 Å². The van der Waals surface area contributed by atoms with E-state index in [1.807, 2.05) is 0 Å². The first-order chi connectivity index (χ1) is 15.1. The van der Waals surface area contributed by atoms with E-state index in [2.05, 4.69) is 29.5 Å². The highest BCUT2D eigenvalue weighted by Crippen LogP contribution is 2.45. The number of aromatic nitrogens is 4. The number of anilines is 2. The summed E-state index contributed by atoms with van der Waals surface area (Å²) in [6.07, 6.45) is 6.60. The predicted molar refractivity (Wildman–Crippen MR) is 113 cm³/mol. The number of hydrogen-bond donors (Lipinski definition) is 1. The van der Waals surface area contributed by atoms with Gasteiger partial charge in [-0.3, -0.25) is 9.78 Å². The molecule has 2 aromatic heterocycles. The molecule has 10 nitrogen and oxygen atoms in total. The van der Waals surface area contributed by atoms with Crippen LogP contribution in [0.25, 0.3) is 0 Å². The van der Waals surface area contributed by atoms with Crippen LogP contribution < -0.4 is 15.4 Å². The van der Waals surface area contributed by atoms with E-state index in [9.17, 15) is 9.59 Å². The highest BCUT2D eigenvalue weighted by atomic mass is 16.5. The molecule has 10 heteroatoms. The largest absolute Gasteiger partial charge is 0.464 e. The molecule has 2 aliphatic heterocycles. The summed E-state index contributed by atoms with van der Waals surface area (Å²) in [5.74, 6) is 0.917. The van der Waals surface area contributed by atoms with Crippen LogP contribution in [-0.4, -0.2) is 72.4 Å². The number of methoxy groups -OCH3 is 1. The van der Waals surface area contributed by atoms with Crippen LogP contribution >= 0.6 is 0 Å². The Kier molecular flexibility index (Phi) is 5.09. The van der Waals surface area contributed by atoms with Gasteiger partial charge in [-0.05, 0) is 25.7 Å². The van der Waals surface area contributed by atoms with Crippen LogP contribution in [0.4, 0.5) is 11.8 Å². The summed E-state index contributed by atoms with van der Waals surface area (Å²) in [4.78, 5) is 45.2. The number of fused-ring (bicyclic) bond motifs is 2. The molecule has 0 bridgehead atoms. The van der Waals surface area contributed by atoms with E-state index < -0.39 is 5.97 Å². The molecule has 0 aromatic carbocycles.